The second kappa shape index (κ2) is 3.59. The van der Waals surface area contributed by atoms with Gasteiger partial charge in [0.15, 0.2) is 0 Å². The van der Waals surface area contributed by atoms with E-state index in [0.717, 1.165) is 10.9 Å². The van der Waals surface area contributed by atoms with Crippen molar-refractivity contribution in [1.29, 1.82) is 0 Å². The molecule has 0 aliphatic heterocycles. The molecule has 2 rings (SSSR count). The van der Waals surface area contributed by atoms with Gasteiger partial charge in [-0.15, -0.1) is 0 Å². The highest BCUT2D eigenvalue weighted by Gasteiger charge is 2.16. The van der Waals surface area contributed by atoms with Crippen LogP contribution in [0.2, 0.25) is 5.02 Å². The zero-order valence-corrected chi connectivity index (χ0v) is 8.93. The van der Waals surface area contributed by atoms with Crippen LogP contribution in [-0.4, -0.2) is 16.1 Å². The van der Waals surface area contributed by atoms with Crippen LogP contribution in [0, 0.1) is 0 Å². The van der Waals surface area contributed by atoms with Crippen molar-refractivity contribution in [2.24, 2.45) is 0 Å². The zero-order chi connectivity index (χ0) is 11.0. The van der Waals surface area contributed by atoms with Crippen molar-refractivity contribution in [2.75, 3.05) is 0 Å². The van der Waals surface area contributed by atoms with Gasteiger partial charge in [0, 0.05) is 5.39 Å². The van der Waals surface area contributed by atoms with Crippen LogP contribution in [0.4, 0.5) is 0 Å². The Hall–Kier alpha value is -1.48. The summed E-state index contributed by atoms with van der Waals surface area (Å²) in [4.78, 5) is 13.8. The molecule has 4 heteroatoms. The summed E-state index contributed by atoms with van der Waals surface area (Å²) in [6.45, 7) is 1.93. The van der Waals surface area contributed by atoms with Gasteiger partial charge in [-0.3, -0.25) is 0 Å². The standard InChI is InChI=1S/C11H10ClNO2/c1-2-6-7-4-3-5-8(12)9(7)13-10(6)11(14)15/h3-5,13H,2H2,1H3,(H,14,15). The molecule has 0 spiro atoms. The topological polar surface area (TPSA) is 53.1 Å². The second-order valence-corrected chi connectivity index (χ2v) is 3.71. The minimum Gasteiger partial charge on any atom is -0.477 e. The summed E-state index contributed by atoms with van der Waals surface area (Å²) >= 11 is 5.98. The number of halogens is 1. The molecule has 0 fully saturated rings. The molecule has 0 aliphatic carbocycles. The Morgan fingerprint density at radius 2 is 2.27 bits per heavy atom. The summed E-state index contributed by atoms with van der Waals surface area (Å²) in [5.41, 5.74) is 1.74. The first-order chi connectivity index (χ1) is 7.15. The summed E-state index contributed by atoms with van der Waals surface area (Å²) in [6.07, 6.45) is 0.669. The van der Waals surface area contributed by atoms with Crippen molar-refractivity contribution in [3.05, 3.63) is 34.5 Å². The number of rotatable bonds is 2. The van der Waals surface area contributed by atoms with Crippen LogP contribution in [-0.2, 0) is 6.42 Å². The summed E-state index contributed by atoms with van der Waals surface area (Å²) in [5, 5.41) is 10.5. The van der Waals surface area contributed by atoms with E-state index in [0.29, 0.717) is 17.0 Å². The Morgan fingerprint density at radius 3 is 2.87 bits per heavy atom. The van der Waals surface area contributed by atoms with Crippen molar-refractivity contribution < 1.29 is 9.90 Å². The molecular formula is C11H10ClNO2. The molecule has 2 N–H and O–H groups in total. The number of aryl methyl sites for hydroxylation is 1. The largest absolute Gasteiger partial charge is 0.477 e. The van der Waals surface area contributed by atoms with Crippen molar-refractivity contribution in [2.45, 2.75) is 13.3 Å². The van der Waals surface area contributed by atoms with Gasteiger partial charge in [-0.2, -0.15) is 0 Å². The van der Waals surface area contributed by atoms with E-state index in [9.17, 15) is 4.79 Å². The van der Waals surface area contributed by atoms with Gasteiger partial charge in [0.05, 0.1) is 10.5 Å². The van der Waals surface area contributed by atoms with Gasteiger partial charge in [-0.25, -0.2) is 4.79 Å². The smallest absolute Gasteiger partial charge is 0.352 e. The van der Waals surface area contributed by atoms with Crippen LogP contribution >= 0.6 is 11.6 Å². The second-order valence-electron chi connectivity index (χ2n) is 3.30. The van der Waals surface area contributed by atoms with Crippen LogP contribution in [0.3, 0.4) is 0 Å². The third kappa shape index (κ3) is 1.49. The number of fused-ring (bicyclic) bond motifs is 1. The van der Waals surface area contributed by atoms with Gasteiger partial charge in [0.2, 0.25) is 0 Å². The molecular weight excluding hydrogens is 214 g/mol. The first kappa shape index (κ1) is 10.1. The van der Waals surface area contributed by atoms with E-state index < -0.39 is 5.97 Å². The van der Waals surface area contributed by atoms with Crippen LogP contribution in [0.5, 0.6) is 0 Å². The third-order valence-corrected chi connectivity index (χ3v) is 2.77. The van der Waals surface area contributed by atoms with Crippen LogP contribution in [0.25, 0.3) is 10.9 Å². The van der Waals surface area contributed by atoms with Crippen molar-refractivity contribution >= 4 is 28.5 Å². The number of nitrogens with one attached hydrogen (secondary N) is 1. The average molecular weight is 224 g/mol. The molecule has 78 valence electrons. The Labute approximate surface area is 91.7 Å². The molecule has 1 heterocycles. The maximum atomic E-state index is 11.0. The maximum Gasteiger partial charge on any atom is 0.352 e. The molecule has 15 heavy (non-hydrogen) atoms. The Kier molecular flexibility index (Phi) is 2.40. The maximum absolute atomic E-state index is 11.0. The summed E-state index contributed by atoms with van der Waals surface area (Å²) < 4.78 is 0. The molecule has 0 bridgehead atoms. The lowest BCUT2D eigenvalue weighted by molar-refractivity contribution is 0.0690. The van der Waals surface area contributed by atoms with Gasteiger partial charge < -0.3 is 10.1 Å². The van der Waals surface area contributed by atoms with Crippen molar-refractivity contribution in [3.8, 4) is 0 Å². The number of para-hydroxylation sites is 1. The molecule has 0 atom stereocenters. The minimum atomic E-state index is -0.945. The molecule has 2 aromatic rings. The van der Waals surface area contributed by atoms with Crippen LogP contribution < -0.4 is 0 Å². The van der Waals surface area contributed by atoms with Gasteiger partial charge in [-0.05, 0) is 18.1 Å². The summed E-state index contributed by atoms with van der Waals surface area (Å²) in [6, 6.07) is 5.44. The van der Waals surface area contributed by atoms with E-state index in [4.69, 9.17) is 16.7 Å². The number of carbonyl (C=O) groups is 1. The fourth-order valence-corrected chi connectivity index (χ4v) is 2.01. The fraction of sp³-hybridized carbons (Fsp3) is 0.182. The SMILES string of the molecule is CCc1c(C(=O)O)[nH]c2c(Cl)cccc12. The monoisotopic (exact) mass is 223 g/mol. The highest BCUT2D eigenvalue weighted by Crippen LogP contribution is 2.28. The summed E-state index contributed by atoms with van der Waals surface area (Å²) in [7, 11) is 0. The molecule has 0 amide bonds. The molecule has 0 saturated carbocycles. The zero-order valence-electron chi connectivity index (χ0n) is 8.17. The Morgan fingerprint density at radius 1 is 1.53 bits per heavy atom. The van der Waals surface area contributed by atoms with Crippen LogP contribution in [0.15, 0.2) is 18.2 Å². The molecule has 0 saturated heterocycles. The van der Waals surface area contributed by atoms with E-state index in [1.54, 1.807) is 6.07 Å². The van der Waals surface area contributed by atoms with Gasteiger partial charge in [0.1, 0.15) is 5.69 Å². The normalized spacial score (nSPS) is 10.8. The Balaban J connectivity index is 2.84. The number of carboxylic acid groups (broad SMARTS) is 1. The molecule has 0 unspecified atom stereocenters. The highest BCUT2D eigenvalue weighted by molar-refractivity contribution is 6.35. The lowest BCUT2D eigenvalue weighted by Crippen LogP contribution is -2.00. The third-order valence-electron chi connectivity index (χ3n) is 2.46. The minimum absolute atomic E-state index is 0.237. The van der Waals surface area contributed by atoms with Crippen molar-refractivity contribution in [3.63, 3.8) is 0 Å². The van der Waals surface area contributed by atoms with Gasteiger partial charge in [-0.1, -0.05) is 30.7 Å². The molecule has 1 aromatic heterocycles. The van der Waals surface area contributed by atoms with Crippen molar-refractivity contribution in [1.82, 2.24) is 4.98 Å². The van der Waals surface area contributed by atoms with E-state index in [1.165, 1.54) is 0 Å². The van der Waals surface area contributed by atoms with E-state index in [2.05, 4.69) is 4.98 Å². The number of hydrogen-bond acceptors (Lipinski definition) is 1. The number of carboxylic acids is 1. The fourth-order valence-electron chi connectivity index (χ4n) is 1.79. The quantitative estimate of drug-likeness (QED) is 0.822. The molecule has 3 nitrogen and oxygen atoms in total. The number of aromatic nitrogens is 1. The predicted octanol–water partition coefficient (Wildman–Crippen LogP) is 3.08. The molecule has 0 radical (unpaired) electrons. The number of benzene rings is 1. The van der Waals surface area contributed by atoms with Gasteiger partial charge >= 0.3 is 5.97 Å². The molecule has 0 aliphatic rings. The van der Waals surface area contributed by atoms with E-state index in [-0.39, 0.29) is 5.69 Å². The van der Waals surface area contributed by atoms with E-state index >= 15 is 0 Å². The molecule has 1 aromatic carbocycles. The first-order valence-corrected chi connectivity index (χ1v) is 5.05. The first-order valence-electron chi connectivity index (χ1n) is 4.67. The van der Waals surface area contributed by atoms with Gasteiger partial charge in [0.25, 0.3) is 0 Å². The number of aromatic carboxylic acids is 1. The van der Waals surface area contributed by atoms with Crippen LogP contribution in [0.1, 0.15) is 23.0 Å². The lowest BCUT2D eigenvalue weighted by atomic mass is 10.1. The number of H-pyrrole nitrogens is 1. The number of aromatic amines is 1. The predicted molar refractivity (Wildman–Crippen MR) is 59.6 cm³/mol. The number of hydrogen-bond donors (Lipinski definition) is 2. The Bertz CT molecular complexity index is 531. The highest BCUT2D eigenvalue weighted by atomic mass is 35.5. The average Bonchev–Trinajstić information content (AvgIpc) is 2.57. The lowest BCUT2D eigenvalue weighted by Gasteiger charge is -1.95. The summed E-state index contributed by atoms with van der Waals surface area (Å²) in [5.74, 6) is -0.945. The van der Waals surface area contributed by atoms with E-state index in [1.807, 2.05) is 19.1 Å².